The van der Waals surface area contributed by atoms with E-state index in [0.29, 0.717) is 24.0 Å². The number of methoxy groups -OCH3 is 1. The average Bonchev–Trinajstić information content (AvgIpc) is 2.71. The van der Waals surface area contributed by atoms with E-state index in [4.69, 9.17) is 14.2 Å². The van der Waals surface area contributed by atoms with Crippen molar-refractivity contribution in [3.8, 4) is 11.5 Å². The van der Waals surface area contributed by atoms with E-state index in [-0.39, 0.29) is 18.6 Å². The fourth-order valence-corrected chi connectivity index (χ4v) is 3.18. The molecule has 1 amide bonds. The normalized spacial score (nSPS) is 19.1. The van der Waals surface area contributed by atoms with Gasteiger partial charge in [-0.05, 0) is 42.5 Å². The summed E-state index contributed by atoms with van der Waals surface area (Å²) in [5.41, 5.74) is 0.750. The molecule has 2 rings (SSSR count). The van der Waals surface area contributed by atoms with Crippen LogP contribution in [0.15, 0.2) is 36.9 Å². The van der Waals surface area contributed by atoms with E-state index in [1.165, 1.54) is 12.5 Å². The number of amides is 1. The maximum Gasteiger partial charge on any atom is 0.331 e. The van der Waals surface area contributed by atoms with Gasteiger partial charge in [0.15, 0.2) is 18.1 Å². The van der Waals surface area contributed by atoms with Gasteiger partial charge < -0.3 is 19.5 Å². The van der Waals surface area contributed by atoms with Crippen molar-refractivity contribution in [1.82, 2.24) is 5.32 Å². The molecule has 1 aromatic rings. The monoisotopic (exact) mass is 387 g/mol. The van der Waals surface area contributed by atoms with Crippen molar-refractivity contribution in [2.75, 3.05) is 20.3 Å². The molecule has 1 aromatic carbocycles. The van der Waals surface area contributed by atoms with E-state index in [2.05, 4.69) is 18.8 Å². The second-order valence-corrected chi connectivity index (χ2v) is 6.89. The number of nitrogens with one attached hydrogen (secondary N) is 1. The molecule has 1 aliphatic carbocycles. The minimum absolute atomic E-state index is 0.171. The molecule has 0 radical (unpaired) electrons. The first-order chi connectivity index (χ1) is 13.5. The zero-order valence-corrected chi connectivity index (χ0v) is 16.6. The van der Waals surface area contributed by atoms with E-state index >= 15 is 0 Å². The van der Waals surface area contributed by atoms with Crippen molar-refractivity contribution in [1.29, 1.82) is 0 Å². The Hall–Kier alpha value is -2.76. The molecule has 1 N–H and O–H groups in total. The molecule has 0 aromatic heterocycles. The first-order valence-corrected chi connectivity index (χ1v) is 9.59. The van der Waals surface area contributed by atoms with Crippen LogP contribution in [0.5, 0.6) is 11.5 Å². The summed E-state index contributed by atoms with van der Waals surface area (Å²) in [5.74, 6) is 0.777. The third-order valence-electron chi connectivity index (χ3n) is 4.76. The lowest BCUT2D eigenvalue weighted by Crippen LogP contribution is -2.42. The lowest BCUT2D eigenvalue weighted by molar-refractivity contribution is -0.144. The Bertz CT molecular complexity index is 713. The van der Waals surface area contributed by atoms with Crippen LogP contribution < -0.4 is 14.8 Å². The Morgan fingerprint density at radius 2 is 2.04 bits per heavy atom. The summed E-state index contributed by atoms with van der Waals surface area (Å²) in [6, 6.07) is 5.47. The van der Waals surface area contributed by atoms with Gasteiger partial charge in [0.1, 0.15) is 6.61 Å². The summed E-state index contributed by atoms with van der Waals surface area (Å²) in [5, 5.41) is 2.96. The third kappa shape index (κ3) is 6.76. The molecule has 0 saturated heterocycles. The number of carbonyl (C=O) groups is 2. The van der Waals surface area contributed by atoms with E-state index in [0.717, 1.165) is 24.8 Å². The largest absolute Gasteiger partial charge is 0.493 e. The second kappa shape index (κ2) is 11.2. The molecule has 0 bridgehead atoms. The first-order valence-electron chi connectivity index (χ1n) is 9.59. The van der Waals surface area contributed by atoms with Gasteiger partial charge in [-0.1, -0.05) is 38.5 Å². The van der Waals surface area contributed by atoms with E-state index in [9.17, 15) is 9.59 Å². The molecule has 1 aliphatic rings. The van der Waals surface area contributed by atoms with Gasteiger partial charge in [0.05, 0.1) is 7.11 Å². The number of ether oxygens (including phenoxy) is 3. The fraction of sp³-hybridized carbons (Fsp3) is 0.455. The quantitative estimate of drug-likeness (QED) is 0.399. The minimum Gasteiger partial charge on any atom is -0.493 e. The highest BCUT2D eigenvalue weighted by Gasteiger charge is 2.22. The summed E-state index contributed by atoms with van der Waals surface area (Å²) in [6.45, 7) is 5.85. The van der Waals surface area contributed by atoms with Gasteiger partial charge in [0, 0.05) is 12.1 Å². The molecule has 0 unspecified atom stereocenters. The van der Waals surface area contributed by atoms with Gasteiger partial charge in [-0.25, -0.2) is 4.79 Å². The van der Waals surface area contributed by atoms with Crippen LogP contribution >= 0.6 is 0 Å². The van der Waals surface area contributed by atoms with Gasteiger partial charge in [-0.15, -0.1) is 0 Å². The standard InChI is InChI=1S/C22H29NO5/c1-4-13-27-19-11-9-17(14-20(19)26-3)10-12-22(25)28-15-21(24)23-18-8-6-5-7-16(18)2/h4,9-12,14,16,18H,1,5-8,13,15H2,2-3H3,(H,23,24)/b12-10+/t16-,18-/m1/s1. The Morgan fingerprint density at radius 3 is 2.75 bits per heavy atom. The lowest BCUT2D eigenvalue weighted by Gasteiger charge is -2.29. The molecular formula is C22H29NO5. The Morgan fingerprint density at radius 1 is 1.25 bits per heavy atom. The summed E-state index contributed by atoms with van der Waals surface area (Å²) in [7, 11) is 1.55. The molecule has 6 nitrogen and oxygen atoms in total. The van der Waals surface area contributed by atoms with Crippen molar-refractivity contribution in [2.45, 2.75) is 38.6 Å². The van der Waals surface area contributed by atoms with E-state index in [1.54, 1.807) is 37.5 Å². The van der Waals surface area contributed by atoms with Crippen molar-refractivity contribution >= 4 is 18.0 Å². The zero-order chi connectivity index (χ0) is 20.4. The van der Waals surface area contributed by atoms with Gasteiger partial charge in [-0.3, -0.25) is 4.79 Å². The SMILES string of the molecule is C=CCOc1ccc(/C=C/C(=O)OCC(=O)N[C@@H]2CCCC[C@H]2C)cc1OC. The maximum atomic E-state index is 12.0. The third-order valence-corrected chi connectivity index (χ3v) is 4.76. The van der Waals surface area contributed by atoms with Crippen molar-refractivity contribution < 1.29 is 23.8 Å². The van der Waals surface area contributed by atoms with Crippen LogP contribution in [0.1, 0.15) is 38.2 Å². The van der Waals surface area contributed by atoms with Gasteiger partial charge in [-0.2, -0.15) is 0 Å². The van der Waals surface area contributed by atoms with Crippen LogP contribution in [0.25, 0.3) is 6.08 Å². The van der Waals surface area contributed by atoms with E-state index in [1.807, 2.05) is 0 Å². The number of carbonyl (C=O) groups excluding carboxylic acids is 2. The van der Waals surface area contributed by atoms with Crippen molar-refractivity contribution in [2.24, 2.45) is 5.92 Å². The topological polar surface area (TPSA) is 73.9 Å². The second-order valence-electron chi connectivity index (χ2n) is 6.89. The molecule has 0 spiro atoms. The Balaban J connectivity index is 1.82. The number of hydrogen-bond acceptors (Lipinski definition) is 5. The van der Waals surface area contributed by atoms with E-state index < -0.39 is 5.97 Å². The smallest absolute Gasteiger partial charge is 0.331 e. The summed E-state index contributed by atoms with van der Waals surface area (Å²) in [6.07, 6.45) is 8.97. The maximum absolute atomic E-state index is 12.0. The highest BCUT2D eigenvalue weighted by molar-refractivity contribution is 5.89. The Labute approximate surface area is 166 Å². The molecule has 152 valence electrons. The minimum atomic E-state index is -0.571. The summed E-state index contributed by atoms with van der Waals surface area (Å²) in [4.78, 5) is 23.9. The number of esters is 1. The lowest BCUT2D eigenvalue weighted by atomic mass is 9.86. The molecule has 1 fully saturated rings. The molecule has 6 heteroatoms. The summed E-state index contributed by atoms with van der Waals surface area (Å²) >= 11 is 0. The predicted molar refractivity (Wildman–Crippen MR) is 108 cm³/mol. The van der Waals surface area contributed by atoms with Crippen LogP contribution in [0.3, 0.4) is 0 Å². The first kappa shape index (κ1) is 21.5. The molecule has 28 heavy (non-hydrogen) atoms. The van der Waals surface area contributed by atoms with Crippen LogP contribution in [0.2, 0.25) is 0 Å². The fourth-order valence-electron chi connectivity index (χ4n) is 3.18. The molecule has 1 saturated carbocycles. The van der Waals surface area contributed by atoms with Gasteiger partial charge in [0.2, 0.25) is 0 Å². The van der Waals surface area contributed by atoms with Crippen LogP contribution in [0, 0.1) is 5.92 Å². The average molecular weight is 387 g/mol. The molecule has 0 aliphatic heterocycles. The van der Waals surface area contributed by atoms with Crippen LogP contribution in [-0.4, -0.2) is 38.2 Å². The molecule has 0 heterocycles. The van der Waals surface area contributed by atoms with Crippen molar-refractivity contribution in [3.05, 3.63) is 42.5 Å². The highest BCUT2D eigenvalue weighted by atomic mass is 16.5. The number of hydrogen-bond donors (Lipinski definition) is 1. The Kier molecular flexibility index (Phi) is 8.59. The number of benzene rings is 1. The predicted octanol–water partition coefficient (Wildman–Crippen LogP) is 3.51. The number of rotatable bonds is 9. The summed E-state index contributed by atoms with van der Waals surface area (Å²) < 4.78 is 15.8. The van der Waals surface area contributed by atoms with Crippen LogP contribution in [-0.2, 0) is 14.3 Å². The van der Waals surface area contributed by atoms with Gasteiger partial charge >= 0.3 is 5.97 Å². The highest BCUT2D eigenvalue weighted by Crippen LogP contribution is 2.28. The van der Waals surface area contributed by atoms with Crippen molar-refractivity contribution in [3.63, 3.8) is 0 Å². The molecular weight excluding hydrogens is 358 g/mol. The van der Waals surface area contributed by atoms with Gasteiger partial charge in [0.25, 0.3) is 5.91 Å². The zero-order valence-electron chi connectivity index (χ0n) is 16.6. The molecule has 2 atom stereocenters. The van der Waals surface area contributed by atoms with Crippen LogP contribution in [0.4, 0.5) is 0 Å².